The fourth-order valence-corrected chi connectivity index (χ4v) is 6.10. The normalized spacial score (nSPS) is 20.8. The lowest BCUT2D eigenvalue weighted by molar-refractivity contribution is -0.140. The predicted octanol–water partition coefficient (Wildman–Crippen LogP) is 8.25. The van der Waals surface area contributed by atoms with Crippen LogP contribution >= 0.6 is 0 Å². The summed E-state index contributed by atoms with van der Waals surface area (Å²) in [6.07, 6.45) is 11.8. The number of hydrogen-bond donors (Lipinski definition) is 2. The van der Waals surface area contributed by atoms with Crippen molar-refractivity contribution in [3.05, 3.63) is 54.1 Å². The second kappa shape index (κ2) is 11.5. The predicted molar refractivity (Wildman–Crippen MR) is 147 cm³/mol. The SMILES string of the molecule is CCCCC1CCC(C(=O)Oc2ccc(-c3n[nH]c(-c4ccc(O)cc4)c3C(C)C3CCC3)cc2)CC1. The van der Waals surface area contributed by atoms with Crippen molar-refractivity contribution in [1.29, 1.82) is 0 Å². The van der Waals surface area contributed by atoms with E-state index in [4.69, 9.17) is 9.84 Å². The summed E-state index contributed by atoms with van der Waals surface area (Å²) in [4.78, 5) is 12.8. The summed E-state index contributed by atoms with van der Waals surface area (Å²) < 4.78 is 5.80. The number of aromatic hydroxyl groups is 1. The Balaban J connectivity index is 1.31. The third-order valence-corrected chi connectivity index (χ3v) is 8.76. The monoisotopic (exact) mass is 500 g/mol. The van der Waals surface area contributed by atoms with Crippen LogP contribution in [-0.4, -0.2) is 21.3 Å². The topological polar surface area (TPSA) is 75.2 Å². The van der Waals surface area contributed by atoms with Crippen molar-refractivity contribution < 1.29 is 14.6 Å². The average Bonchev–Trinajstić information content (AvgIpc) is 3.33. The molecule has 1 atom stereocenters. The number of benzene rings is 2. The molecule has 2 fully saturated rings. The van der Waals surface area contributed by atoms with Crippen molar-refractivity contribution in [1.82, 2.24) is 10.2 Å². The zero-order valence-electron chi connectivity index (χ0n) is 22.2. The molecular weight excluding hydrogens is 460 g/mol. The molecule has 2 saturated carbocycles. The van der Waals surface area contributed by atoms with E-state index in [1.165, 1.54) is 44.1 Å². The van der Waals surface area contributed by atoms with E-state index >= 15 is 0 Å². The Bertz CT molecular complexity index is 1170. The standard InChI is InChI=1S/C32H40N2O3/c1-3-4-6-22-9-11-26(12-10-22)32(36)37-28-19-15-25(16-20-28)31-29(21(2)23-7-5-8-23)30(33-34-31)24-13-17-27(35)18-14-24/h13-23,26,35H,3-12H2,1-2H3,(H,33,34). The number of H-pyrrole nitrogens is 1. The second-order valence-corrected chi connectivity index (χ2v) is 11.2. The number of aromatic nitrogens is 2. The third-order valence-electron chi connectivity index (χ3n) is 8.76. The van der Waals surface area contributed by atoms with Crippen molar-refractivity contribution in [3.8, 4) is 34.0 Å². The minimum atomic E-state index is -0.0876. The number of esters is 1. The number of ether oxygens (including phenoxy) is 1. The average molecular weight is 501 g/mol. The highest BCUT2D eigenvalue weighted by Gasteiger charge is 2.31. The highest BCUT2D eigenvalue weighted by atomic mass is 16.5. The van der Waals surface area contributed by atoms with Crippen LogP contribution in [0, 0.1) is 17.8 Å². The summed E-state index contributed by atoms with van der Waals surface area (Å²) in [6.45, 7) is 4.54. The van der Waals surface area contributed by atoms with Gasteiger partial charge in [-0.25, -0.2) is 0 Å². The van der Waals surface area contributed by atoms with E-state index in [9.17, 15) is 9.90 Å². The molecule has 2 aliphatic rings. The molecule has 0 bridgehead atoms. The van der Waals surface area contributed by atoms with Gasteiger partial charge in [0.1, 0.15) is 11.5 Å². The zero-order valence-corrected chi connectivity index (χ0v) is 22.2. The molecule has 1 unspecified atom stereocenters. The van der Waals surface area contributed by atoms with Gasteiger partial charge in [0, 0.05) is 16.7 Å². The molecule has 0 radical (unpaired) electrons. The first kappa shape index (κ1) is 25.6. The Morgan fingerprint density at radius 1 is 1.00 bits per heavy atom. The van der Waals surface area contributed by atoms with Crippen LogP contribution in [-0.2, 0) is 4.79 Å². The van der Waals surface area contributed by atoms with Gasteiger partial charge in [0.2, 0.25) is 0 Å². The maximum atomic E-state index is 12.8. The Morgan fingerprint density at radius 3 is 2.30 bits per heavy atom. The van der Waals surface area contributed by atoms with E-state index < -0.39 is 0 Å². The van der Waals surface area contributed by atoms with Gasteiger partial charge >= 0.3 is 5.97 Å². The summed E-state index contributed by atoms with van der Waals surface area (Å²) in [5.74, 6) is 2.60. The Kier molecular flexibility index (Phi) is 7.97. The molecule has 196 valence electrons. The lowest BCUT2D eigenvalue weighted by atomic mass is 9.72. The van der Waals surface area contributed by atoms with Gasteiger partial charge < -0.3 is 9.84 Å². The van der Waals surface area contributed by atoms with E-state index in [0.717, 1.165) is 54.1 Å². The number of unbranched alkanes of at least 4 members (excludes halogenated alkanes) is 1. The van der Waals surface area contributed by atoms with E-state index in [1.807, 2.05) is 36.4 Å². The summed E-state index contributed by atoms with van der Waals surface area (Å²) in [6, 6.07) is 15.1. The van der Waals surface area contributed by atoms with Crippen LogP contribution in [0.4, 0.5) is 0 Å². The molecule has 5 rings (SSSR count). The molecule has 5 heteroatoms. The molecule has 0 spiro atoms. The highest BCUT2D eigenvalue weighted by molar-refractivity contribution is 5.77. The van der Waals surface area contributed by atoms with Crippen LogP contribution < -0.4 is 4.74 Å². The second-order valence-electron chi connectivity index (χ2n) is 11.2. The van der Waals surface area contributed by atoms with Crippen LogP contribution in [0.5, 0.6) is 11.5 Å². The zero-order chi connectivity index (χ0) is 25.8. The van der Waals surface area contributed by atoms with Crippen molar-refractivity contribution in [2.24, 2.45) is 17.8 Å². The summed E-state index contributed by atoms with van der Waals surface area (Å²) >= 11 is 0. The van der Waals surface area contributed by atoms with Crippen molar-refractivity contribution in [2.75, 3.05) is 0 Å². The summed E-state index contributed by atoms with van der Waals surface area (Å²) in [5.41, 5.74) is 5.22. The van der Waals surface area contributed by atoms with Crippen LogP contribution in [0.2, 0.25) is 0 Å². The van der Waals surface area contributed by atoms with E-state index in [1.54, 1.807) is 12.1 Å². The number of nitrogens with one attached hydrogen (secondary N) is 1. The minimum absolute atomic E-state index is 0.0201. The maximum absolute atomic E-state index is 12.8. The quantitative estimate of drug-likeness (QED) is 0.229. The smallest absolute Gasteiger partial charge is 0.314 e. The highest BCUT2D eigenvalue weighted by Crippen LogP contribution is 2.45. The molecule has 2 N–H and O–H groups in total. The number of rotatable bonds is 9. The largest absolute Gasteiger partial charge is 0.508 e. The van der Waals surface area contributed by atoms with Crippen molar-refractivity contribution >= 4 is 5.97 Å². The van der Waals surface area contributed by atoms with Gasteiger partial charge in [0.25, 0.3) is 0 Å². The number of hydrogen-bond acceptors (Lipinski definition) is 4. The third kappa shape index (κ3) is 5.76. The van der Waals surface area contributed by atoms with E-state index in [-0.39, 0.29) is 17.6 Å². The minimum Gasteiger partial charge on any atom is -0.508 e. The number of carbonyl (C=O) groups excluding carboxylic acids is 1. The molecule has 2 aliphatic carbocycles. The number of nitrogens with zero attached hydrogens (tertiary/aromatic N) is 1. The molecule has 2 aromatic carbocycles. The number of carbonyl (C=O) groups is 1. The Labute approximate surface area is 220 Å². The van der Waals surface area contributed by atoms with Crippen molar-refractivity contribution in [2.45, 2.75) is 84.0 Å². The van der Waals surface area contributed by atoms with Gasteiger partial charge in [-0.3, -0.25) is 9.89 Å². The lowest BCUT2D eigenvalue weighted by Crippen LogP contribution is -2.25. The number of phenols is 1. The molecule has 0 amide bonds. The first-order valence-corrected chi connectivity index (χ1v) is 14.2. The first-order valence-electron chi connectivity index (χ1n) is 14.2. The van der Waals surface area contributed by atoms with Gasteiger partial charge in [0.05, 0.1) is 17.3 Å². The van der Waals surface area contributed by atoms with Gasteiger partial charge in [0.15, 0.2) is 0 Å². The Morgan fingerprint density at radius 2 is 1.68 bits per heavy atom. The molecule has 1 heterocycles. The van der Waals surface area contributed by atoms with E-state index in [0.29, 0.717) is 17.6 Å². The van der Waals surface area contributed by atoms with Crippen LogP contribution in [0.25, 0.3) is 22.5 Å². The first-order chi connectivity index (χ1) is 18.0. The Hall–Kier alpha value is -3.08. The van der Waals surface area contributed by atoms with E-state index in [2.05, 4.69) is 18.9 Å². The fraction of sp³-hybridized carbons (Fsp3) is 0.500. The number of aromatic amines is 1. The summed E-state index contributed by atoms with van der Waals surface area (Å²) in [7, 11) is 0. The molecule has 3 aromatic rings. The molecule has 37 heavy (non-hydrogen) atoms. The molecule has 5 nitrogen and oxygen atoms in total. The fourth-order valence-electron chi connectivity index (χ4n) is 6.10. The molecule has 0 saturated heterocycles. The van der Waals surface area contributed by atoms with Gasteiger partial charge in [-0.1, -0.05) is 39.5 Å². The lowest BCUT2D eigenvalue weighted by Gasteiger charge is -2.32. The molecular formula is C32H40N2O3. The van der Waals surface area contributed by atoms with Crippen LogP contribution in [0.1, 0.15) is 89.5 Å². The van der Waals surface area contributed by atoms with Crippen LogP contribution in [0.15, 0.2) is 48.5 Å². The molecule has 0 aliphatic heterocycles. The number of phenolic OH excluding ortho intramolecular Hbond substituents is 1. The van der Waals surface area contributed by atoms with Gasteiger partial charge in [-0.2, -0.15) is 5.10 Å². The van der Waals surface area contributed by atoms with Crippen molar-refractivity contribution in [3.63, 3.8) is 0 Å². The van der Waals surface area contributed by atoms with Crippen LogP contribution in [0.3, 0.4) is 0 Å². The van der Waals surface area contributed by atoms with Gasteiger partial charge in [-0.05, 0) is 105 Å². The van der Waals surface area contributed by atoms with Gasteiger partial charge in [-0.15, -0.1) is 0 Å². The maximum Gasteiger partial charge on any atom is 0.314 e. The summed E-state index contributed by atoms with van der Waals surface area (Å²) in [5, 5.41) is 17.8. The molecule has 1 aromatic heterocycles.